The number of likely N-dealkylation sites (tertiary alicyclic amines) is 1. The molecule has 0 saturated carbocycles. The van der Waals surface area contributed by atoms with Crippen molar-refractivity contribution in [1.29, 1.82) is 0 Å². The quantitative estimate of drug-likeness (QED) is 0.856. The minimum Gasteiger partial charge on any atom is -0.480 e. The molecule has 126 valence electrons. The summed E-state index contributed by atoms with van der Waals surface area (Å²) in [5.74, 6) is -1.68. The van der Waals surface area contributed by atoms with Gasteiger partial charge < -0.3 is 19.5 Å². The van der Waals surface area contributed by atoms with E-state index in [4.69, 9.17) is 4.74 Å². The maximum Gasteiger partial charge on any atom is 0.387 e. The van der Waals surface area contributed by atoms with Crippen molar-refractivity contribution < 1.29 is 33.0 Å². The third-order valence-corrected chi connectivity index (χ3v) is 3.73. The molecule has 2 unspecified atom stereocenters. The molecule has 1 aromatic rings. The predicted molar refractivity (Wildman–Crippen MR) is 75.3 cm³/mol. The van der Waals surface area contributed by atoms with E-state index in [9.17, 15) is 23.5 Å². The van der Waals surface area contributed by atoms with Gasteiger partial charge in [-0.05, 0) is 6.07 Å². The lowest BCUT2D eigenvalue weighted by Gasteiger charge is -2.21. The number of amides is 1. The largest absolute Gasteiger partial charge is 0.480 e. The van der Waals surface area contributed by atoms with Crippen molar-refractivity contribution in [2.45, 2.75) is 31.6 Å². The molecule has 0 radical (unpaired) electrons. The number of alkyl halides is 2. The van der Waals surface area contributed by atoms with E-state index >= 15 is 0 Å². The summed E-state index contributed by atoms with van der Waals surface area (Å²) >= 11 is 0. The Hall–Kier alpha value is -2.22. The van der Waals surface area contributed by atoms with Gasteiger partial charge in [0.1, 0.15) is 11.8 Å². The van der Waals surface area contributed by atoms with E-state index in [2.05, 4.69) is 4.74 Å². The lowest BCUT2D eigenvalue weighted by atomic mass is 10.1. The zero-order valence-electron chi connectivity index (χ0n) is 12.4. The minimum absolute atomic E-state index is 0.0924. The zero-order valence-corrected chi connectivity index (χ0v) is 12.4. The minimum atomic E-state index is -3.00. The topological polar surface area (TPSA) is 76.1 Å². The number of nitrogens with zero attached hydrogens (tertiary/aromatic N) is 1. The van der Waals surface area contributed by atoms with Gasteiger partial charge in [0.25, 0.3) is 0 Å². The summed E-state index contributed by atoms with van der Waals surface area (Å²) < 4.78 is 34.3. The zero-order chi connectivity index (χ0) is 17.0. The molecule has 2 atom stereocenters. The summed E-state index contributed by atoms with van der Waals surface area (Å²) in [4.78, 5) is 24.9. The molecule has 1 N–H and O–H groups in total. The van der Waals surface area contributed by atoms with Gasteiger partial charge in [-0.2, -0.15) is 8.78 Å². The smallest absolute Gasteiger partial charge is 0.387 e. The second-order valence-electron chi connectivity index (χ2n) is 5.16. The van der Waals surface area contributed by atoms with Crippen LogP contribution in [0.15, 0.2) is 24.3 Å². The molecule has 1 aliphatic rings. The summed E-state index contributed by atoms with van der Waals surface area (Å²) in [5, 5.41) is 9.21. The Morgan fingerprint density at radius 3 is 2.70 bits per heavy atom. The Morgan fingerprint density at radius 2 is 2.09 bits per heavy atom. The number of para-hydroxylation sites is 1. The number of ether oxygens (including phenoxy) is 2. The number of methoxy groups -OCH3 is 1. The number of halogens is 2. The molecule has 0 aliphatic carbocycles. The molecule has 1 aromatic carbocycles. The highest BCUT2D eigenvalue weighted by atomic mass is 19.3. The van der Waals surface area contributed by atoms with E-state index in [1.807, 2.05) is 0 Å². The third-order valence-electron chi connectivity index (χ3n) is 3.73. The van der Waals surface area contributed by atoms with E-state index < -0.39 is 24.5 Å². The van der Waals surface area contributed by atoms with E-state index in [0.29, 0.717) is 0 Å². The van der Waals surface area contributed by atoms with Gasteiger partial charge in [0, 0.05) is 25.6 Å². The van der Waals surface area contributed by atoms with Gasteiger partial charge in [-0.3, -0.25) is 4.79 Å². The number of benzene rings is 1. The molecule has 1 amide bonds. The number of hydrogen-bond donors (Lipinski definition) is 1. The Bertz CT molecular complexity index is 581. The van der Waals surface area contributed by atoms with Crippen LogP contribution in [0.3, 0.4) is 0 Å². The first-order valence-corrected chi connectivity index (χ1v) is 7.00. The van der Waals surface area contributed by atoms with Crippen LogP contribution in [-0.4, -0.2) is 54.3 Å². The molecule has 8 heteroatoms. The Morgan fingerprint density at radius 1 is 1.39 bits per heavy atom. The average molecular weight is 329 g/mol. The molecule has 1 saturated heterocycles. The number of carboxylic acid groups (broad SMARTS) is 1. The normalized spacial score (nSPS) is 20.8. The van der Waals surface area contributed by atoms with Crippen molar-refractivity contribution in [3.63, 3.8) is 0 Å². The predicted octanol–water partition coefficient (Wildman–Crippen LogP) is 1.53. The van der Waals surface area contributed by atoms with Crippen molar-refractivity contribution in [2.24, 2.45) is 0 Å². The Labute approximate surface area is 131 Å². The van der Waals surface area contributed by atoms with Gasteiger partial charge in [-0.25, -0.2) is 4.79 Å². The van der Waals surface area contributed by atoms with E-state index in [1.54, 1.807) is 6.07 Å². The molecule has 0 spiro atoms. The molecular formula is C15H17F2NO5. The van der Waals surface area contributed by atoms with Crippen molar-refractivity contribution in [3.8, 4) is 5.75 Å². The Kier molecular flexibility index (Phi) is 5.49. The number of aliphatic carboxylic acids is 1. The lowest BCUT2D eigenvalue weighted by Crippen LogP contribution is -2.41. The molecule has 1 aliphatic heterocycles. The molecule has 6 nitrogen and oxygen atoms in total. The first-order valence-electron chi connectivity index (χ1n) is 7.00. The Balaban J connectivity index is 2.14. The number of carbonyl (C=O) groups is 2. The molecule has 2 rings (SSSR count). The fourth-order valence-electron chi connectivity index (χ4n) is 2.60. The second-order valence-corrected chi connectivity index (χ2v) is 5.16. The van der Waals surface area contributed by atoms with Gasteiger partial charge in [-0.15, -0.1) is 0 Å². The molecular weight excluding hydrogens is 312 g/mol. The summed E-state index contributed by atoms with van der Waals surface area (Å²) in [5.41, 5.74) is 0.280. The fourth-order valence-corrected chi connectivity index (χ4v) is 2.60. The van der Waals surface area contributed by atoms with Crippen LogP contribution in [0.2, 0.25) is 0 Å². The molecule has 1 heterocycles. The van der Waals surface area contributed by atoms with Gasteiger partial charge >= 0.3 is 12.6 Å². The van der Waals surface area contributed by atoms with Crippen LogP contribution >= 0.6 is 0 Å². The summed E-state index contributed by atoms with van der Waals surface area (Å²) in [7, 11) is 1.45. The van der Waals surface area contributed by atoms with Crippen molar-refractivity contribution in [2.75, 3.05) is 13.7 Å². The van der Waals surface area contributed by atoms with Gasteiger partial charge in [0.15, 0.2) is 0 Å². The fraction of sp³-hybridized carbons (Fsp3) is 0.467. The monoisotopic (exact) mass is 329 g/mol. The van der Waals surface area contributed by atoms with E-state index in [0.717, 1.165) is 0 Å². The standard InChI is InChI=1S/C15H17F2NO5/c1-22-10-7-11(14(20)21)18(8-10)13(19)6-9-4-2-3-5-12(9)23-15(16)17/h2-5,10-11,15H,6-8H2,1H3,(H,20,21). The first kappa shape index (κ1) is 17.1. The van der Waals surface area contributed by atoms with Crippen LogP contribution in [0.5, 0.6) is 5.75 Å². The third kappa shape index (κ3) is 4.16. The maximum absolute atomic E-state index is 12.4. The molecule has 23 heavy (non-hydrogen) atoms. The summed E-state index contributed by atoms with van der Waals surface area (Å²) in [6.07, 6.45) is -0.372. The lowest BCUT2D eigenvalue weighted by molar-refractivity contribution is -0.148. The average Bonchev–Trinajstić information content (AvgIpc) is 2.93. The highest BCUT2D eigenvalue weighted by molar-refractivity contribution is 5.86. The van der Waals surface area contributed by atoms with E-state index in [1.165, 1.54) is 30.2 Å². The van der Waals surface area contributed by atoms with Crippen LogP contribution in [-0.2, 0) is 20.7 Å². The maximum atomic E-state index is 12.4. The van der Waals surface area contributed by atoms with Crippen molar-refractivity contribution in [3.05, 3.63) is 29.8 Å². The van der Waals surface area contributed by atoms with Crippen LogP contribution in [0.4, 0.5) is 8.78 Å². The van der Waals surface area contributed by atoms with E-state index in [-0.39, 0.29) is 36.8 Å². The second kappa shape index (κ2) is 7.36. The van der Waals surface area contributed by atoms with Crippen LogP contribution in [0.1, 0.15) is 12.0 Å². The van der Waals surface area contributed by atoms with Gasteiger partial charge in [0.05, 0.1) is 12.5 Å². The number of hydrogen-bond acceptors (Lipinski definition) is 4. The molecule has 0 aromatic heterocycles. The number of carbonyl (C=O) groups excluding carboxylic acids is 1. The highest BCUT2D eigenvalue weighted by Gasteiger charge is 2.39. The van der Waals surface area contributed by atoms with Gasteiger partial charge in [-0.1, -0.05) is 18.2 Å². The first-order chi connectivity index (χ1) is 10.9. The highest BCUT2D eigenvalue weighted by Crippen LogP contribution is 2.25. The van der Waals surface area contributed by atoms with Crippen molar-refractivity contribution in [1.82, 2.24) is 4.90 Å². The van der Waals surface area contributed by atoms with Crippen LogP contribution < -0.4 is 4.74 Å². The van der Waals surface area contributed by atoms with Crippen molar-refractivity contribution >= 4 is 11.9 Å². The van der Waals surface area contributed by atoms with Crippen LogP contribution in [0.25, 0.3) is 0 Å². The summed E-state index contributed by atoms with van der Waals surface area (Å²) in [6, 6.07) is 4.97. The number of rotatable bonds is 6. The summed E-state index contributed by atoms with van der Waals surface area (Å²) in [6.45, 7) is -2.84. The number of carboxylic acids is 1. The van der Waals surface area contributed by atoms with Gasteiger partial charge in [0.2, 0.25) is 5.91 Å². The molecule has 0 bridgehead atoms. The molecule has 1 fully saturated rings. The van der Waals surface area contributed by atoms with Crippen LogP contribution in [0, 0.1) is 0 Å². The SMILES string of the molecule is COC1CC(C(=O)O)N(C(=O)Cc2ccccc2OC(F)F)C1.